The van der Waals surface area contributed by atoms with Crippen molar-refractivity contribution in [1.82, 2.24) is 0 Å². The van der Waals surface area contributed by atoms with E-state index in [2.05, 4.69) is 0 Å². The van der Waals surface area contributed by atoms with E-state index in [0.717, 1.165) is 16.7 Å². The van der Waals surface area contributed by atoms with E-state index in [0.29, 0.717) is 10.6 Å². The van der Waals surface area contributed by atoms with Gasteiger partial charge in [0.05, 0.1) is 5.56 Å². The van der Waals surface area contributed by atoms with E-state index in [1.807, 2.05) is 43.3 Å². The average Bonchev–Trinajstić information content (AvgIpc) is 2.71. The Hall–Kier alpha value is -1.80. The summed E-state index contributed by atoms with van der Waals surface area (Å²) in [5.74, 6) is -0.271. The van der Waals surface area contributed by atoms with Gasteiger partial charge in [-0.05, 0) is 30.2 Å². The first-order valence-electron chi connectivity index (χ1n) is 5.73. The van der Waals surface area contributed by atoms with E-state index in [4.69, 9.17) is 16.3 Å². The average molecular weight is 259 g/mol. The van der Waals surface area contributed by atoms with Gasteiger partial charge in [0.15, 0.2) is 6.10 Å². The molecular formula is C15H11ClO2. The van der Waals surface area contributed by atoms with Gasteiger partial charge < -0.3 is 4.74 Å². The molecule has 1 aliphatic heterocycles. The second-order valence-corrected chi connectivity index (χ2v) is 4.79. The lowest BCUT2D eigenvalue weighted by Gasteiger charge is -2.12. The van der Waals surface area contributed by atoms with Crippen LogP contribution >= 0.6 is 11.6 Å². The van der Waals surface area contributed by atoms with Crippen molar-refractivity contribution < 1.29 is 9.53 Å². The first kappa shape index (κ1) is 11.3. The Kier molecular flexibility index (Phi) is 2.60. The first-order chi connectivity index (χ1) is 8.66. The number of halogens is 1. The maximum atomic E-state index is 11.7. The molecule has 2 aromatic rings. The third-order valence-corrected chi connectivity index (χ3v) is 3.59. The maximum Gasteiger partial charge on any atom is 0.339 e. The smallest absolute Gasteiger partial charge is 0.339 e. The zero-order valence-corrected chi connectivity index (χ0v) is 10.6. The maximum absolute atomic E-state index is 11.7. The minimum atomic E-state index is -0.341. The highest BCUT2D eigenvalue weighted by molar-refractivity contribution is 6.31. The van der Waals surface area contributed by atoms with E-state index >= 15 is 0 Å². The highest BCUT2D eigenvalue weighted by atomic mass is 35.5. The Morgan fingerprint density at radius 3 is 2.72 bits per heavy atom. The minimum Gasteiger partial charge on any atom is -0.449 e. The molecule has 1 unspecified atom stereocenters. The molecule has 2 nitrogen and oxygen atoms in total. The van der Waals surface area contributed by atoms with Crippen LogP contribution in [0.25, 0.3) is 0 Å². The van der Waals surface area contributed by atoms with Crippen LogP contribution in [0.5, 0.6) is 0 Å². The third-order valence-electron chi connectivity index (χ3n) is 3.19. The van der Waals surface area contributed by atoms with E-state index in [-0.39, 0.29) is 12.1 Å². The van der Waals surface area contributed by atoms with Crippen LogP contribution in [-0.2, 0) is 4.74 Å². The molecule has 0 bridgehead atoms. The summed E-state index contributed by atoms with van der Waals surface area (Å²) < 4.78 is 5.42. The first-order valence-corrected chi connectivity index (χ1v) is 6.10. The van der Waals surface area contributed by atoms with E-state index < -0.39 is 0 Å². The second kappa shape index (κ2) is 4.14. The molecule has 90 valence electrons. The number of carbonyl (C=O) groups excluding carboxylic acids is 1. The summed E-state index contributed by atoms with van der Waals surface area (Å²) in [6.45, 7) is 1.95. The minimum absolute atomic E-state index is 0.271. The zero-order valence-electron chi connectivity index (χ0n) is 9.81. The molecule has 0 aromatic heterocycles. The van der Waals surface area contributed by atoms with E-state index in [9.17, 15) is 4.79 Å². The summed E-state index contributed by atoms with van der Waals surface area (Å²) in [6.07, 6.45) is -0.341. The van der Waals surface area contributed by atoms with Crippen LogP contribution < -0.4 is 0 Å². The molecule has 3 rings (SSSR count). The third kappa shape index (κ3) is 1.70. The number of rotatable bonds is 1. The second-order valence-electron chi connectivity index (χ2n) is 4.38. The van der Waals surface area contributed by atoms with Gasteiger partial charge in [0.1, 0.15) is 0 Å². The van der Waals surface area contributed by atoms with Crippen molar-refractivity contribution >= 4 is 17.6 Å². The van der Waals surface area contributed by atoms with Gasteiger partial charge in [0.2, 0.25) is 0 Å². The molecule has 0 saturated carbocycles. The number of esters is 1. The summed E-state index contributed by atoms with van der Waals surface area (Å²) in [4.78, 5) is 11.7. The lowest BCUT2D eigenvalue weighted by molar-refractivity contribution is 0.0456. The molecule has 18 heavy (non-hydrogen) atoms. The fourth-order valence-electron chi connectivity index (χ4n) is 2.17. The van der Waals surface area contributed by atoms with Gasteiger partial charge in [-0.1, -0.05) is 41.9 Å². The fraction of sp³-hybridized carbons (Fsp3) is 0.133. The van der Waals surface area contributed by atoms with Gasteiger partial charge in [-0.25, -0.2) is 4.79 Å². The Labute approximate surface area is 110 Å². The Balaban J connectivity index is 2.09. The fourth-order valence-corrected chi connectivity index (χ4v) is 2.35. The van der Waals surface area contributed by atoms with E-state index in [1.54, 1.807) is 6.07 Å². The van der Waals surface area contributed by atoms with Crippen molar-refractivity contribution in [2.45, 2.75) is 13.0 Å². The molecule has 0 amide bonds. The highest BCUT2D eigenvalue weighted by Crippen LogP contribution is 2.36. The number of ether oxygens (including phenoxy) is 1. The number of fused-ring (bicyclic) bond motifs is 1. The predicted octanol–water partition coefficient (Wildman–Crippen LogP) is 3.91. The predicted molar refractivity (Wildman–Crippen MR) is 69.9 cm³/mol. The molecule has 0 saturated heterocycles. The number of benzene rings is 2. The molecule has 1 aliphatic rings. The molecular weight excluding hydrogens is 248 g/mol. The van der Waals surface area contributed by atoms with Crippen molar-refractivity contribution in [3.63, 3.8) is 0 Å². The van der Waals surface area contributed by atoms with Gasteiger partial charge in [-0.3, -0.25) is 0 Å². The van der Waals surface area contributed by atoms with Crippen molar-refractivity contribution in [1.29, 1.82) is 0 Å². The molecule has 0 fully saturated rings. The standard InChI is InChI=1S/C15H11ClO2/c1-9-6-7-10(8-13(9)16)14-11-4-2-3-5-12(11)15(17)18-14/h2-8,14H,1H3. The van der Waals surface area contributed by atoms with Gasteiger partial charge in [-0.15, -0.1) is 0 Å². The number of hydrogen-bond donors (Lipinski definition) is 0. The highest BCUT2D eigenvalue weighted by Gasteiger charge is 2.31. The van der Waals surface area contributed by atoms with Crippen LogP contribution in [0.3, 0.4) is 0 Å². The summed E-state index contributed by atoms with van der Waals surface area (Å²) in [6, 6.07) is 13.2. The number of aryl methyl sites for hydroxylation is 1. The van der Waals surface area contributed by atoms with Crippen LogP contribution in [0, 0.1) is 6.92 Å². The topological polar surface area (TPSA) is 26.3 Å². The Bertz CT molecular complexity index is 634. The van der Waals surface area contributed by atoms with Crippen molar-refractivity contribution in [3.05, 3.63) is 69.7 Å². The normalized spacial score (nSPS) is 17.4. The summed E-state index contributed by atoms with van der Waals surface area (Å²) in [5.41, 5.74) is 3.46. The van der Waals surface area contributed by atoms with Crippen molar-refractivity contribution in [2.24, 2.45) is 0 Å². The van der Waals surface area contributed by atoms with Crippen LogP contribution in [0.2, 0.25) is 5.02 Å². The van der Waals surface area contributed by atoms with Crippen molar-refractivity contribution in [2.75, 3.05) is 0 Å². The molecule has 2 aromatic carbocycles. The molecule has 0 radical (unpaired) electrons. The largest absolute Gasteiger partial charge is 0.449 e. The van der Waals surface area contributed by atoms with Crippen LogP contribution in [0.15, 0.2) is 42.5 Å². The number of carbonyl (C=O) groups is 1. The van der Waals surface area contributed by atoms with Gasteiger partial charge in [0.25, 0.3) is 0 Å². The van der Waals surface area contributed by atoms with Gasteiger partial charge in [0, 0.05) is 10.6 Å². The lowest BCUT2D eigenvalue weighted by Crippen LogP contribution is -2.00. The summed E-state index contributed by atoms with van der Waals surface area (Å²) in [5, 5.41) is 0.688. The van der Waals surface area contributed by atoms with Gasteiger partial charge in [-0.2, -0.15) is 0 Å². The summed E-state index contributed by atoms with van der Waals surface area (Å²) in [7, 11) is 0. The van der Waals surface area contributed by atoms with Crippen molar-refractivity contribution in [3.8, 4) is 0 Å². The van der Waals surface area contributed by atoms with Crippen LogP contribution in [-0.4, -0.2) is 5.97 Å². The Morgan fingerprint density at radius 2 is 1.94 bits per heavy atom. The zero-order chi connectivity index (χ0) is 12.7. The summed E-state index contributed by atoms with van der Waals surface area (Å²) >= 11 is 6.12. The van der Waals surface area contributed by atoms with Crippen LogP contribution in [0.1, 0.15) is 33.2 Å². The molecule has 0 spiro atoms. The van der Waals surface area contributed by atoms with E-state index in [1.165, 1.54) is 0 Å². The van der Waals surface area contributed by atoms with Gasteiger partial charge >= 0.3 is 5.97 Å². The van der Waals surface area contributed by atoms with Crippen LogP contribution in [0.4, 0.5) is 0 Å². The number of cyclic esters (lactones) is 1. The molecule has 1 atom stereocenters. The molecule has 3 heteroatoms. The quantitative estimate of drug-likeness (QED) is 0.725. The monoisotopic (exact) mass is 258 g/mol. The SMILES string of the molecule is Cc1ccc(C2OC(=O)c3ccccc32)cc1Cl. The lowest BCUT2D eigenvalue weighted by atomic mass is 9.99. The molecule has 1 heterocycles. The molecule has 0 aliphatic carbocycles. The Morgan fingerprint density at radius 1 is 1.17 bits per heavy atom. The molecule has 0 N–H and O–H groups in total. The number of hydrogen-bond acceptors (Lipinski definition) is 2.